The molecular weight excluding hydrogens is 204 g/mol. The van der Waals surface area contributed by atoms with Crippen molar-refractivity contribution in [1.82, 2.24) is 10.2 Å². The molecule has 1 aromatic heterocycles. The van der Waals surface area contributed by atoms with Crippen LogP contribution in [0.15, 0.2) is 18.2 Å². The first kappa shape index (κ1) is 12.2. The van der Waals surface area contributed by atoms with Crippen molar-refractivity contribution in [2.45, 2.75) is 20.8 Å². The number of fused-ring (bicyclic) bond motifs is 1. The molecular formula is C12H18N2O2. The fourth-order valence-corrected chi connectivity index (χ4v) is 1.38. The minimum atomic E-state index is -0.326. The largest absolute Gasteiger partial charge is 0.465 e. The molecule has 88 valence electrons. The van der Waals surface area contributed by atoms with Crippen LogP contribution in [0.1, 0.15) is 31.3 Å². The van der Waals surface area contributed by atoms with E-state index in [0.29, 0.717) is 5.56 Å². The van der Waals surface area contributed by atoms with Crippen LogP contribution in [-0.4, -0.2) is 23.3 Å². The van der Waals surface area contributed by atoms with Crippen molar-refractivity contribution in [3.8, 4) is 0 Å². The Bertz CT molecular complexity index is 494. The number of aromatic nitrogens is 2. The first-order valence-electron chi connectivity index (χ1n) is 5.25. The number of aryl methyl sites for hydroxylation is 1. The predicted octanol–water partition coefficient (Wildman–Crippen LogP) is 2.93. The molecule has 0 fully saturated rings. The lowest BCUT2D eigenvalue weighted by molar-refractivity contribution is 0.0601. The average Bonchev–Trinajstić information content (AvgIpc) is 2.72. The minimum absolute atomic E-state index is 0. The standard InChI is InChI=1S/C10H10N2O2.C2H6.H2/c1-6-8-5-7(10(13)14-2)3-4-9(8)12-11-6;1-2;/h3-5H,1-2H3,(H,11,12);1-2H3;1H. The fourth-order valence-electron chi connectivity index (χ4n) is 1.38. The van der Waals surface area contributed by atoms with Crippen LogP contribution < -0.4 is 0 Å². The molecule has 0 bridgehead atoms. The Morgan fingerprint density at radius 3 is 2.75 bits per heavy atom. The normalized spacial score (nSPS) is 9.50. The summed E-state index contributed by atoms with van der Waals surface area (Å²) in [5.41, 5.74) is 2.35. The number of carbonyl (C=O) groups is 1. The van der Waals surface area contributed by atoms with Crippen LogP contribution in [0.5, 0.6) is 0 Å². The van der Waals surface area contributed by atoms with E-state index in [-0.39, 0.29) is 7.40 Å². The molecule has 0 radical (unpaired) electrons. The van der Waals surface area contributed by atoms with Crippen LogP contribution in [0.2, 0.25) is 0 Å². The molecule has 0 spiro atoms. The van der Waals surface area contributed by atoms with Gasteiger partial charge in [-0.15, -0.1) is 0 Å². The van der Waals surface area contributed by atoms with E-state index >= 15 is 0 Å². The zero-order valence-electron chi connectivity index (χ0n) is 10.00. The van der Waals surface area contributed by atoms with Gasteiger partial charge in [-0.2, -0.15) is 5.10 Å². The highest BCUT2D eigenvalue weighted by molar-refractivity contribution is 5.95. The molecule has 0 aliphatic rings. The Hall–Kier alpha value is -1.84. The second-order valence-corrected chi connectivity index (χ2v) is 3.07. The first-order chi connectivity index (χ1) is 7.72. The maximum absolute atomic E-state index is 11.2. The molecule has 0 unspecified atom stereocenters. The van der Waals surface area contributed by atoms with E-state index in [1.54, 1.807) is 18.2 Å². The number of methoxy groups -OCH3 is 1. The van der Waals surface area contributed by atoms with Gasteiger partial charge in [0.1, 0.15) is 0 Å². The van der Waals surface area contributed by atoms with Gasteiger partial charge in [0.05, 0.1) is 18.2 Å². The molecule has 1 heterocycles. The maximum Gasteiger partial charge on any atom is 0.337 e. The van der Waals surface area contributed by atoms with Gasteiger partial charge in [0.25, 0.3) is 0 Å². The Labute approximate surface area is 96.1 Å². The van der Waals surface area contributed by atoms with Gasteiger partial charge in [-0.3, -0.25) is 5.10 Å². The van der Waals surface area contributed by atoms with E-state index in [2.05, 4.69) is 14.9 Å². The van der Waals surface area contributed by atoms with Gasteiger partial charge >= 0.3 is 5.97 Å². The van der Waals surface area contributed by atoms with Gasteiger partial charge in [-0.1, -0.05) is 13.8 Å². The summed E-state index contributed by atoms with van der Waals surface area (Å²) in [4.78, 5) is 11.2. The molecule has 0 aliphatic carbocycles. The number of hydrogen-bond acceptors (Lipinski definition) is 3. The molecule has 1 N–H and O–H groups in total. The van der Waals surface area contributed by atoms with Crippen molar-refractivity contribution >= 4 is 16.9 Å². The summed E-state index contributed by atoms with van der Waals surface area (Å²) in [6.07, 6.45) is 0. The number of nitrogens with zero attached hydrogens (tertiary/aromatic N) is 1. The Morgan fingerprint density at radius 2 is 2.12 bits per heavy atom. The van der Waals surface area contributed by atoms with Crippen LogP contribution in [0.25, 0.3) is 10.9 Å². The number of nitrogens with one attached hydrogen (secondary N) is 1. The molecule has 0 aliphatic heterocycles. The second-order valence-electron chi connectivity index (χ2n) is 3.07. The number of aromatic amines is 1. The average molecular weight is 222 g/mol. The molecule has 1 aromatic carbocycles. The number of carbonyl (C=O) groups excluding carboxylic acids is 1. The molecule has 0 amide bonds. The summed E-state index contributed by atoms with van der Waals surface area (Å²) >= 11 is 0. The van der Waals surface area contributed by atoms with Crippen molar-refractivity contribution in [1.29, 1.82) is 0 Å². The summed E-state index contributed by atoms with van der Waals surface area (Å²) in [5, 5.41) is 7.88. The quantitative estimate of drug-likeness (QED) is 0.755. The van der Waals surface area contributed by atoms with Crippen molar-refractivity contribution in [2.75, 3.05) is 7.11 Å². The molecule has 0 saturated carbocycles. The lowest BCUT2D eigenvalue weighted by atomic mass is 10.1. The van der Waals surface area contributed by atoms with E-state index in [0.717, 1.165) is 16.6 Å². The number of rotatable bonds is 1. The molecule has 16 heavy (non-hydrogen) atoms. The third kappa shape index (κ3) is 2.21. The van der Waals surface area contributed by atoms with Crippen molar-refractivity contribution in [3.05, 3.63) is 29.5 Å². The van der Waals surface area contributed by atoms with Crippen molar-refractivity contribution in [2.24, 2.45) is 0 Å². The third-order valence-electron chi connectivity index (χ3n) is 2.17. The zero-order valence-corrected chi connectivity index (χ0v) is 10.00. The molecule has 0 atom stereocenters. The van der Waals surface area contributed by atoms with Gasteiger partial charge < -0.3 is 4.74 Å². The summed E-state index contributed by atoms with van der Waals surface area (Å²) in [7, 11) is 1.37. The van der Waals surface area contributed by atoms with Crippen LogP contribution in [0.3, 0.4) is 0 Å². The lowest BCUT2D eigenvalue weighted by Gasteiger charge is -1.98. The Morgan fingerprint density at radius 1 is 1.44 bits per heavy atom. The van der Waals surface area contributed by atoms with Crippen LogP contribution >= 0.6 is 0 Å². The van der Waals surface area contributed by atoms with Gasteiger partial charge in [0.15, 0.2) is 0 Å². The minimum Gasteiger partial charge on any atom is -0.465 e. The number of ether oxygens (including phenoxy) is 1. The van der Waals surface area contributed by atoms with E-state index < -0.39 is 0 Å². The van der Waals surface area contributed by atoms with Crippen LogP contribution in [-0.2, 0) is 4.74 Å². The van der Waals surface area contributed by atoms with Crippen molar-refractivity contribution < 1.29 is 11.0 Å². The molecule has 4 heteroatoms. The molecule has 0 saturated heterocycles. The molecule has 2 aromatic rings. The third-order valence-corrected chi connectivity index (χ3v) is 2.17. The zero-order chi connectivity index (χ0) is 12.1. The number of hydrogen-bond donors (Lipinski definition) is 1. The smallest absolute Gasteiger partial charge is 0.337 e. The molecule has 2 rings (SSSR count). The summed E-state index contributed by atoms with van der Waals surface area (Å²) in [6, 6.07) is 5.28. The first-order valence-corrected chi connectivity index (χ1v) is 5.25. The van der Waals surface area contributed by atoms with Gasteiger partial charge in [-0.05, 0) is 25.1 Å². The topological polar surface area (TPSA) is 55.0 Å². The van der Waals surface area contributed by atoms with E-state index in [1.807, 2.05) is 20.8 Å². The Kier molecular flexibility index (Phi) is 4.05. The summed E-state index contributed by atoms with van der Waals surface area (Å²) in [6.45, 7) is 5.91. The van der Waals surface area contributed by atoms with Gasteiger partial charge in [-0.25, -0.2) is 4.79 Å². The monoisotopic (exact) mass is 222 g/mol. The van der Waals surface area contributed by atoms with E-state index in [9.17, 15) is 4.79 Å². The van der Waals surface area contributed by atoms with Gasteiger partial charge in [0, 0.05) is 12.5 Å². The summed E-state index contributed by atoms with van der Waals surface area (Å²) < 4.78 is 4.63. The highest BCUT2D eigenvalue weighted by Gasteiger charge is 2.08. The summed E-state index contributed by atoms with van der Waals surface area (Å²) in [5.74, 6) is -0.326. The van der Waals surface area contributed by atoms with E-state index in [4.69, 9.17) is 0 Å². The highest BCUT2D eigenvalue weighted by atomic mass is 16.5. The highest BCUT2D eigenvalue weighted by Crippen LogP contribution is 2.17. The number of H-pyrrole nitrogens is 1. The van der Waals surface area contributed by atoms with Crippen LogP contribution in [0, 0.1) is 6.92 Å². The number of esters is 1. The lowest BCUT2D eigenvalue weighted by Crippen LogP contribution is -2.00. The second kappa shape index (κ2) is 5.30. The number of benzene rings is 1. The fraction of sp³-hybridized carbons (Fsp3) is 0.333. The van der Waals surface area contributed by atoms with E-state index in [1.165, 1.54) is 7.11 Å². The van der Waals surface area contributed by atoms with Crippen LogP contribution in [0.4, 0.5) is 0 Å². The molecule has 4 nitrogen and oxygen atoms in total. The van der Waals surface area contributed by atoms with Gasteiger partial charge in [0.2, 0.25) is 0 Å². The van der Waals surface area contributed by atoms with Crippen molar-refractivity contribution in [3.63, 3.8) is 0 Å². The maximum atomic E-state index is 11.2. The SMILES string of the molecule is CC.COC(=O)c1ccc2n[nH]c(C)c2c1.[HH]. The Balaban J connectivity index is 0.000000811. The predicted molar refractivity (Wildman–Crippen MR) is 65.6 cm³/mol.